The van der Waals surface area contributed by atoms with Gasteiger partial charge in [-0.05, 0) is 80.2 Å². The van der Waals surface area contributed by atoms with Gasteiger partial charge in [0, 0.05) is 17.8 Å². The van der Waals surface area contributed by atoms with E-state index in [0.717, 1.165) is 63.5 Å². The van der Waals surface area contributed by atoms with Crippen LogP contribution in [-0.2, 0) is 10.0 Å². The maximum atomic E-state index is 15.0. The van der Waals surface area contributed by atoms with Gasteiger partial charge in [-0.3, -0.25) is 4.79 Å². The van der Waals surface area contributed by atoms with E-state index in [0.29, 0.717) is 29.5 Å². The normalized spacial score (nSPS) is 19.1. The highest BCUT2D eigenvalue weighted by Gasteiger charge is 2.31. The van der Waals surface area contributed by atoms with Crippen LogP contribution in [0.2, 0.25) is 0 Å². The van der Waals surface area contributed by atoms with Gasteiger partial charge in [-0.2, -0.15) is 0 Å². The predicted octanol–water partition coefficient (Wildman–Crippen LogP) is 6.27. The molecule has 2 aromatic carbocycles. The molecule has 0 bridgehead atoms. The molecule has 37 heavy (non-hydrogen) atoms. The zero-order valence-electron chi connectivity index (χ0n) is 20.9. The van der Waals surface area contributed by atoms with Crippen LogP contribution in [0, 0.1) is 17.6 Å². The van der Waals surface area contributed by atoms with E-state index >= 15 is 0 Å². The summed E-state index contributed by atoms with van der Waals surface area (Å²) in [4.78, 5) is 12.2. The molecule has 3 aliphatic rings. The summed E-state index contributed by atoms with van der Waals surface area (Å²) in [6, 6.07) is 6.52. The SMILES string of the molecule is O=C(NS(=O)(=O)c1ccc(NC2CCCCC2)cc1F)c1cc(C2CC2)c(OCC2CCCC2)cc1F. The molecule has 2 N–H and O–H groups in total. The molecule has 0 aliphatic heterocycles. The number of carbonyl (C=O) groups is 1. The Morgan fingerprint density at radius 3 is 2.27 bits per heavy atom. The number of anilines is 1. The Bertz CT molecular complexity index is 1250. The Morgan fingerprint density at radius 2 is 1.59 bits per heavy atom. The van der Waals surface area contributed by atoms with Gasteiger partial charge in [0.25, 0.3) is 15.9 Å². The number of sulfonamides is 1. The smallest absolute Gasteiger partial charge is 0.267 e. The molecule has 0 heterocycles. The highest BCUT2D eigenvalue weighted by molar-refractivity contribution is 7.90. The van der Waals surface area contributed by atoms with E-state index < -0.39 is 38.0 Å². The van der Waals surface area contributed by atoms with Crippen molar-refractivity contribution in [1.82, 2.24) is 4.72 Å². The van der Waals surface area contributed by atoms with Gasteiger partial charge in [0.2, 0.25) is 0 Å². The molecular formula is C28H34F2N2O4S. The molecule has 0 spiro atoms. The third kappa shape index (κ3) is 6.25. The van der Waals surface area contributed by atoms with Gasteiger partial charge >= 0.3 is 0 Å². The number of ether oxygens (including phenoxy) is 1. The standard InChI is InChI=1S/C28H34F2N2O4S/c29-24-16-26(36-17-18-6-4-5-7-18)22(19-10-11-19)15-23(24)28(33)32-37(34,35)27-13-12-21(14-25(27)30)31-20-8-2-1-3-9-20/h12-16,18-20,31H,1-11,17H2,(H,32,33). The third-order valence-electron chi connectivity index (χ3n) is 7.73. The molecule has 0 radical (unpaired) electrons. The van der Waals surface area contributed by atoms with Crippen molar-refractivity contribution in [1.29, 1.82) is 0 Å². The number of nitrogens with one attached hydrogen (secondary N) is 2. The first-order valence-corrected chi connectivity index (χ1v) is 14.9. The number of rotatable bonds is 9. The second-order valence-corrected chi connectivity index (χ2v) is 12.3. The van der Waals surface area contributed by atoms with Gasteiger partial charge in [0.15, 0.2) is 0 Å². The lowest BCUT2D eigenvalue weighted by molar-refractivity contribution is 0.0977. The van der Waals surface area contributed by atoms with Crippen molar-refractivity contribution >= 4 is 21.6 Å². The van der Waals surface area contributed by atoms with Crippen molar-refractivity contribution in [2.24, 2.45) is 5.92 Å². The van der Waals surface area contributed by atoms with E-state index in [1.54, 1.807) is 0 Å². The van der Waals surface area contributed by atoms with Gasteiger partial charge < -0.3 is 10.1 Å². The molecule has 3 fully saturated rings. The Morgan fingerprint density at radius 1 is 0.892 bits per heavy atom. The molecule has 0 atom stereocenters. The van der Waals surface area contributed by atoms with Gasteiger partial charge in [0.1, 0.15) is 22.3 Å². The maximum Gasteiger partial charge on any atom is 0.267 e. The Labute approximate surface area is 217 Å². The fourth-order valence-corrected chi connectivity index (χ4v) is 6.52. The lowest BCUT2D eigenvalue weighted by Crippen LogP contribution is -2.32. The van der Waals surface area contributed by atoms with E-state index in [1.165, 1.54) is 37.5 Å². The zero-order chi connectivity index (χ0) is 26.0. The van der Waals surface area contributed by atoms with Crippen LogP contribution in [0.1, 0.15) is 92.5 Å². The number of hydrogen-bond acceptors (Lipinski definition) is 5. The third-order valence-corrected chi connectivity index (χ3v) is 9.10. The summed E-state index contributed by atoms with van der Waals surface area (Å²) in [5, 5.41) is 3.25. The number of carbonyl (C=O) groups excluding carboxylic acids is 1. The maximum absolute atomic E-state index is 15.0. The molecule has 0 unspecified atom stereocenters. The molecule has 5 rings (SSSR count). The van der Waals surface area contributed by atoms with Crippen molar-refractivity contribution in [3.63, 3.8) is 0 Å². The molecule has 0 saturated heterocycles. The van der Waals surface area contributed by atoms with E-state index in [-0.39, 0.29) is 12.0 Å². The lowest BCUT2D eigenvalue weighted by atomic mass is 9.95. The minimum Gasteiger partial charge on any atom is -0.493 e. The molecular weight excluding hydrogens is 498 g/mol. The fourth-order valence-electron chi connectivity index (χ4n) is 5.49. The Kier molecular flexibility index (Phi) is 7.70. The van der Waals surface area contributed by atoms with Crippen LogP contribution < -0.4 is 14.8 Å². The molecule has 200 valence electrons. The number of amides is 1. The van der Waals surface area contributed by atoms with E-state index in [1.807, 2.05) is 4.72 Å². The first-order chi connectivity index (χ1) is 17.8. The Balaban J connectivity index is 1.30. The summed E-state index contributed by atoms with van der Waals surface area (Å²) in [5.41, 5.74) is 0.809. The van der Waals surface area contributed by atoms with Gasteiger partial charge in [0.05, 0.1) is 12.2 Å². The van der Waals surface area contributed by atoms with Gasteiger partial charge in [-0.1, -0.05) is 32.1 Å². The van der Waals surface area contributed by atoms with Crippen LogP contribution in [-0.4, -0.2) is 27.0 Å². The monoisotopic (exact) mass is 532 g/mol. The second kappa shape index (κ2) is 11.0. The summed E-state index contributed by atoms with van der Waals surface area (Å²) in [5.74, 6) is -1.96. The van der Waals surface area contributed by atoms with Crippen molar-refractivity contribution in [3.8, 4) is 5.75 Å². The highest BCUT2D eigenvalue weighted by atomic mass is 32.2. The molecule has 1 amide bonds. The predicted molar refractivity (Wildman–Crippen MR) is 137 cm³/mol. The molecule has 2 aromatic rings. The topological polar surface area (TPSA) is 84.5 Å². The zero-order valence-corrected chi connectivity index (χ0v) is 21.7. The minimum absolute atomic E-state index is 0.156. The highest BCUT2D eigenvalue weighted by Crippen LogP contribution is 2.45. The fraction of sp³-hybridized carbons (Fsp3) is 0.536. The van der Waals surface area contributed by atoms with Crippen molar-refractivity contribution in [2.75, 3.05) is 11.9 Å². The minimum atomic E-state index is -4.55. The quantitative estimate of drug-likeness (QED) is 0.397. The summed E-state index contributed by atoms with van der Waals surface area (Å²) in [6.07, 6.45) is 11.7. The van der Waals surface area contributed by atoms with Crippen LogP contribution in [0.4, 0.5) is 14.5 Å². The molecule has 6 nitrogen and oxygen atoms in total. The molecule has 3 aliphatic carbocycles. The summed E-state index contributed by atoms with van der Waals surface area (Å²) in [6.45, 7) is 0.504. The van der Waals surface area contributed by atoms with E-state index in [4.69, 9.17) is 4.74 Å². The number of halogens is 2. The van der Waals surface area contributed by atoms with Crippen molar-refractivity contribution in [3.05, 3.63) is 53.1 Å². The van der Waals surface area contributed by atoms with E-state index in [9.17, 15) is 22.0 Å². The lowest BCUT2D eigenvalue weighted by Gasteiger charge is -2.24. The second-order valence-electron chi connectivity index (χ2n) is 10.7. The van der Waals surface area contributed by atoms with E-state index in [2.05, 4.69) is 5.32 Å². The average molecular weight is 533 g/mol. The molecule has 9 heteroatoms. The van der Waals surface area contributed by atoms with Crippen LogP contribution in [0.5, 0.6) is 5.75 Å². The van der Waals surface area contributed by atoms with Crippen LogP contribution in [0.25, 0.3) is 0 Å². The number of benzene rings is 2. The average Bonchev–Trinajstić information content (AvgIpc) is 3.57. The van der Waals surface area contributed by atoms with Crippen molar-refractivity contribution < 1.29 is 26.7 Å². The van der Waals surface area contributed by atoms with Gasteiger partial charge in [-0.25, -0.2) is 21.9 Å². The van der Waals surface area contributed by atoms with Crippen LogP contribution in [0.15, 0.2) is 35.2 Å². The van der Waals surface area contributed by atoms with Crippen molar-refractivity contribution in [2.45, 2.75) is 87.5 Å². The first-order valence-electron chi connectivity index (χ1n) is 13.4. The summed E-state index contributed by atoms with van der Waals surface area (Å²) in [7, 11) is -4.55. The van der Waals surface area contributed by atoms with Crippen LogP contribution >= 0.6 is 0 Å². The Hall–Kier alpha value is -2.68. The van der Waals surface area contributed by atoms with Crippen LogP contribution in [0.3, 0.4) is 0 Å². The molecule has 3 saturated carbocycles. The number of hydrogen-bond donors (Lipinski definition) is 2. The summed E-state index contributed by atoms with van der Waals surface area (Å²) < 4.78 is 63.3. The summed E-state index contributed by atoms with van der Waals surface area (Å²) >= 11 is 0. The largest absolute Gasteiger partial charge is 0.493 e. The first kappa shape index (κ1) is 25.9. The molecule has 0 aromatic heterocycles. The van der Waals surface area contributed by atoms with Gasteiger partial charge in [-0.15, -0.1) is 0 Å².